The fourth-order valence-corrected chi connectivity index (χ4v) is 3.63. The zero-order valence-corrected chi connectivity index (χ0v) is 16.2. The molecule has 0 saturated carbocycles. The van der Waals surface area contributed by atoms with E-state index in [-0.39, 0.29) is 10.8 Å². The molecule has 0 aliphatic heterocycles. The van der Waals surface area contributed by atoms with Gasteiger partial charge >= 0.3 is 0 Å². The number of hydrogen-bond acceptors (Lipinski definition) is 4. The minimum absolute atomic E-state index is 0.127. The number of hydrogen-bond donors (Lipinski definition) is 3. The first-order chi connectivity index (χ1) is 13.5. The Kier molecular flexibility index (Phi) is 6.08. The molecule has 3 rings (SSSR count). The van der Waals surface area contributed by atoms with Gasteiger partial charge in [0.05, 0.1) is 4.90 Å². The lowest BCUT2D eigenvalue weighted by atomic mass is 10.2. The molecule has 0 spiro atoms. The number of nitrogens with one attached hydrogen (secondary N) is 3. The van der Waals surface area contributed by atoms with Gasteiger partial charge in [0.1, 0.15) is 0 Å². The monoisotopic (exact) mass is 395 g/mol. The first kappa shape index (κ1) is 19.6. The molecule has 3 aromatic carbocycles. The molecule has 0 saturated heterocycles. The molecule has 0 heterocycles. The summed E-state index contributed by atoms with van der Waals surface area (Å²) < 4.78 is 26.3. The highest BCUT2D eigenvalue weighted by Crippen LogP contribution is 2.19. The van der Waals surface area contributed by atoms with Crippen LogP contribution in [-0.2, 0) is 10.0 Å². The first-order valence-electron chi connectivity index (χ1n) is 8.81. The highest BCUT2D eigenvalue weighted by Gasteiger charge is 2.13. The third kappa shape index (κ3) is 4.97. The van der Waals surface area contributed by atoms with E-state index in [1.165, 1.54) is 24.3 Å². The van der Waals surface area contributed by atoms with Crippen LogP contribution in [0.3, 0.4) is 0 Å². The summed E-state index contributed by atoms with van der Waals surface area (Å²) in [6.07, 6.45) is 0. The van der Waals surface area contributed by atoms with E-state index in [1.54, 1.807) is 19.1 Å². The molecule has 7 heteroatoms. The van der Waals surface area contributed by atoms with Crippen molar-refractivity contribution in [3.05, 3.63) is 84.4 Å². The normalized spacial score (nSPS) is 11.0. The Labute approximate surface area is 164 Å². The fourth-order valence-electron chi connectivity index (χ4n) is 2.59. The lowest BCUT2D eigenvalue weighted by molar-refractivity contribution is 0.102. The van der Waals surface area contributed by atoms with Crippen molar-refractivity contribution in [2.75, 3.05) is 17.2 Å². The molecule has 1 amide bonds. The maximum atomic E-state index is 12.4. The van der Waals surface area contributed by atoms with Crippen molar-refractivity contribution in [1.82, 2.24) is 4.72 Å². The maximum absolute atomic E-state index is 12.4. The van der Waals surface area contributed by atoms with Gasteiger partial charge in [-0.15, -0.1) is 0 Å². The van der Waals surface area contributed by atoms with Gasteiger partial charge in [-0.1, -0.05) is 25.1 Å². The number of carbonyl (C=O) groups excluding carboxylic acids is 1. The second-order valence-corrected chi connectivity index (χ2v) is 7.82. The largest absolute Gasteiger partial charge is 0.356 e. The van der Waals surface area contributed by atoms with Gasteiger partial charge in [-0.05, 0) is 60.7 Å². The van der Waals surface area contributed by atoms with Crippen molar-refractivity contribution in [3.63, 3.8) is 0 Å². The lowest BCUT2D eigenvalue weighted by Crippen LogP contribution is -2.23. The number of rotatable bonds is 7. The number of sulfonamides is 1. The molecule has 6 nitrogen and oxygen atoms in total. The number of amides is 1. The predicted molar refractivity (Wildman–Crippen MR) is 111 cm³/mol. The molecule has 0 fully saturated rings. The topological polar surface area (TPSA) is 87.3 Å². The van der Waals surface area contributed by atoms with Crippen LogP contribution in [0, 0.1) is 0 Å². The third-order valence-electron chi connectivity index (χ3n) is 3.97. The van der Waals surface area contributed by atoms with E-state index in [0.717, 1.165) is 11.4 Å². The van der Waals surface area contributed by atoms with Crippen molar-refractivity contribution in [3.8, 4) is 0 Å². The van der Waals surface area contributed by atoms with Crippen LogP contribution in [0.1, 0.15) is 17.3 Å². The molecule has 28 heavy (non-hydrogen) atoms. The Morgan fingerprint density at radius 3 is 1.96 bits per heavy atom. The van der Waals surface area contributed by atoms with Gasteiger partial charge in [0.2, 0.25) is 10.0 Å². The maximum Gasteiger partial charge on any atom is 0.255 e. The molecule has 0 aliphatic carbocycles. The molecule has 0 radical (unpaired) electrons. The Hall–Kier alpha value is -3.16. The number of benzene rings is 3. The lowest BCUT2D eigenvalue weighted by Gasteiger charge is -2.09. The van der Waals surface area contributed by atoms with Crippen molar-refractivity contribution in [2.45, 2.75) is 11.8 Å². The zero-order chi connectivity index (χ0) is 20.0. The molecule has 3 aromatic rings. The van der Waals surface area contributed by atoms with E-state index >= 15 is 0 Å². The summed E-state index contributed by atoms with van der Waals surface area (Å²) in [6, 6.07) is 22.9. The van der Waals surface area contributed by atoms with Crippen molar-refractivity contribution >= 4 is 33.0 Å². The Morgan fingerprint density at radius 1 is 0.786 bits per heavy atom. The van der Waals surface area contributed by atoms with Gasteiger partial charge in [-0.2, -0.15) is 0 Å². The summed E-state index contributed by atoms with van der Waals surface area (Å²) in [7, 11) is -3.53. The Morgan fingerprint density at radius 2 is 1.36 bits per heavy atom. The average molecular weight is 395 g/mol. The Bertz CT molecular complexity index is 1030. The minimum atomic E-state index is -3.53. The van der Waals surface area contributed by atoms with Crippen LogP contribution in [0.15, 0.2) is 83.8 Å². The van der Waals surface area contributed by atoms with Crippen molar-refractivity contribution in [1.29, 1.82) is 0 Å². The van der Waals surface area contributed by atoms with Gasteiger partial charge < -0.3 is 10.6 Å². The predicted octanol–water partition coefficient (Wildman–Crippen LogP) is 3.98. The van der Waals surface area contributed by atoms with Crippen LogP contribution in [0.5, 0.6) is 0 Å². The minimum Gasteiger partial charge on any atom is -0.356 e. The van der Waals surface area contributed by atoms with Gasteiger partial charge in [-0.3, -0.25) is 4.79 Å². The fraction of sp³-hybridized carbons (Fsp3) is 0.0952. The van der Waals surface area contributed by atoms with Crippen LogP contribution < -0.4 is 15.4 Å². The van der Waals surface area contributed by atoms with Crippen LogP contribution in [0.4, 0.5) is 17.1 Å². The molecule has 0 atom stereocenters. The molecule has 144 valence electrons. The van der Waals surface area contributed by atoms with Gasteiger partial charge in [-0.25, -0.2) is 13.1 Å². The molecular formula is C21H21N3O3S. The van der Waals surface area contributed by atoms with E-state index in [0.29, 0.717) is 17.8 Å². The van der Waals surface area contributed by atoms with Crippen LogP contribution in [0.2, 0.25) is 0 Å². The van der Waals surface area contributed by atoms with E-state index < -0.39 is 10.0 Å². The van der Waals surface area contributed by atoms with Crippen molar-refractivity contribution < 1.29 is 13.2 Å². The summed E-state index contributed by atoms with van der Waals surface area (Å²) >= 11 is 0. The van der Waals surface area contributed by atoms with E-state index in [2.05, 4.69) is 15.4 Å². The third-order valence-corrected chi connectivity index (χ3v) is 5.53. The van der Waals surface area contributed by atoms with E-state index in [9.17, 15) is 13.2 Å². The summed E-state index contributed by atoms with van der Waals surface area (Å²) in [5, 5.41) is 6.07. The second-order valence-electron chi connectivity index (χ2n) is 6.05. The summed E-state index contributed by atoms with van der Waals surface area (Å²) in [5.74, 6) is -0.309. The summed E-state index contributed by atoms with van der Waals surface area (Å²) in [4.78, 5) is 12.5. The summed E-state index contributed by atoms with van der Waals surface area (Å²) in [6.45, 7) is 2.01. The van der Waals surface area contributed by atoms with Crippen LogP contribution >= 0.6 is 0 Å². The smallest absolute Gasteiger partial charge is 0.255 e. The van der Waals surface area contributed by atoms with Crippen LogP contribution in [0.25, 0.3) is 0 Å². The number of para-hydroxylation sites is 1. The van der Waals surface area contributed by atoms with E-state index in [4.69, 9.17) is 0 Å². The highest BCUT2D eigenvalue weighted by atomic mass is 32.2. The van der Waals surface area contributed by atoms with E-state index in [1.807, 2.05) is 42.5 Å². The average Bonchev–Trinajstić information content (AvgIpc) is 2.70. The first-order valence-corrected chi connectivity index (χ1v) is 10.3. The number of anilines is 3. The van der Waals surface area contributed by atoms with Gasteiger partial charge in [0.25, 0.3) is 5.91 Å². The van der Waals surface area contributed by atoms with Crippen LogP contribution in [-0.4, -0.2) is 20.9 Å². The van der Waals surface area contributed by atoms with Gasteiger partial charge in [0, 0.05) is 29.2 Å². The zero-order valence-electron chi connectivity index (χ0n) is 15.3. The standard InChI is InChI=1S/C21H21N3O3S/c1-2-22-28(26,27)20-14-8-16(9-15-20)21(25)24-19-12-10-18(11-13-19)23-17-6-4-3-5-7-17/h3-15,22-23H,2H2,1H3,(H,24,25). The molecule has 0 unspecified atom stereocenters. The molecule has 0 aromatic heterocycles. The second kappa shape index (κ2) is 8.69. The van der Waals surface area contributed by atoms with Gasteiger partial charge in [0.15, 0.2) is 0 Å². The van der Waals surface area contributed by atoms with Crippen molar-refractivity contribution in [2.24, 2.45) is 0 Å². The number of carbonyl (C=O) groups is 1. The molecule has 0 bridgehead atoms. The molecular weight excluding hydrogens is 374 g/mol. The summed E-state index contributed by atoms with van der Waals surface area (Å²) in [5.41, 5.74) is 2.91. The quantitative estimate of drug-likeness (QED) is 0.565. The molecule has 3 N–H and O–H groups in total. The molecule has 0 aliphatic rings. The SMILES string of the molecule is CCNS(=O)(=O)c1ccc(C(=O)Nc2ccc(Nc3ccccc3)cc2)cc1. The highest BCUT2D eigenvalue weighted by molar-refractivity contribution is 7.89. The Balaban J connectivity index is 1.64.